The van der Waals surface area contributed by atoms with E-state index in [2.05, 4.69) is 15.3 Å². The van der Waals surface area contributed by atoms with Gasteiger partial charge in [-0.2, -0.15) is 0 Å². The smallest absolute Gasteiger partial charge is 0.246 e. The first-order chi connectivity index (χ1) is 9.12. The quantitative estimate of drug-likeness (QED) is 0.916. The van der Waals surface area contributed by atoms with E-state index in [-0.39, 0.29) is 0 Å². The van der Waals surface area contributed by atoms with E-state index < -0.39 is 5.79 Å². The van der Waals surface area contributed by atoms with Gasteiger partial charge in [-0.05, 0) is 12.1 Å². The summed E-state index contributed by atoms with van der Waals surface area (Å²) in [7, 11) is 0. The summed E-state index contributed by atoms with van der Waals surface area (Å²) >= 11 is 0. The van der Waals surface area contributed by atoms with Crippen LogP contribution in [0.2, 0.25) is 0 Å². The molecule has 0 saturated carbocycles. The summed E-state index contributed by atoms with van der Waals surface area (Å²) in [6.45, 7) is 4.45. The molecule has 0 radical (unpaired) electrons. The van der Waals surface area contributed by atoms with Crippen molar-refractivity contribution in [1.29, 1.82) is 0 Å². The number of fused-ring (bicyclic) bond motifs is 1. The number of hydrogen-bond donors (Lipinski definition) is 1. The fraction of sp³-hybridized carbons (Fsp3) is 0.286. The maximum Gasteiger partial charge on any atom is 0.246 e. The van der Waals surface area contributed by atoms with Crippen molar-refractivity contribution in [2.24, 2.45) is 0 Å². The molecule has 1 aromatic carbocycles. The standard InChI is InChI=1S/C14H15N3O2/c1-14(2)18-12-4-3-11(5-13(12)19-14)17-8-10-6-15-9-16-7-10/h3-7,9,17H,8H2,1-2H3. The molecule has 1 N–H and O–H groups in total. The molecule has 98 valence electrons. The van der Waals surface area contributed by atoms with Crippen molar-refractivity contribution in [3.05, 3.63) is 42.5 Å². The fourth-order valence-electron chi connectivity index (χ4n) is 1.96. The van der Waals surface area contributed by atoms with E-state index in [0.29, 0.717) is 6.54 Å². The number of nitrogens with zero attached hydrogens (tertiary/aromatic N) is 2. The second-order valence-electron chi connectivity index (χ2n) is 4.87. The lowest BCUT2D eigenvalue weighted by Crippen LogP contribution is -2.29. The van der Waals surface area contributed by atoms with Crippen molar-refractivity contribution in [3.8, 4) is 11.5 Å². The number of rotatable bonds is 3. The summed E-state index contributed by atoms with van der Waals surface area (Å²) in [6, 6.07) is 5.81. The van der Waals surface area contributed by atoms with Crippen LogP contribution in [-0.2, 0) is 6.54 Å². The van der Waals surface area contributed by atoms with Gasteiger partial charge in [-0.1, -0.05) is 0 Å². The van der Waals surface area contributed by atoms with Crippen LogP contribution in [0.15, 0.2) is 36.9 Å². The van der Waals surface area contributed by atoms with E-state index in [9.17, 15) is 0 Å². The van der Waals surface area contributed by atoms with Crippen molar-refractivity contribution in [2.45, 2.75) is 26.2 Å². The Balaban J connectivity index is 1.71. The number of ether oxygens (including phenoxy) is 2. The molecule has 0 amide bonds. The molecule has 0 fully saturated rings. The predicted octanol–water partition coefficient (Wildman–Crippen LogP) is 2.60. The molecule has 1 aliphatic heterocycles. The molecule has 5 nitrogen and oxygen atoms in total. The van der Waals surface area contributed by atoms with Crippen LogP contribution >= 0.6 is 0 Å². The minimum absolute atomic E-state index is 0.589. The first-order valence-corrected chi connectivity index (χ1v) is 6.12. The molecular weight excluding hydrogens is 242 g/mol. The molecule has 3 rings (SSSR count). The lowest BCUT2D eigenvalue weighted by atomic mass is 10.2. The van der Waals surface area contributed by atoms with Gasteiger partial charge in [0.1, 0.15) is 6.33 Å². The molecule has 0 bridgehead atoms. The topological polar surface area (TPSA) is 56.3 Å². The van der Waals surface area contributed by atoms with E-state index >= 15 is 0 Å². The first-order valence-electron chi connectivity index (χ1n) is 6.12. The molecule has 1 aliphatic rings. The van der Waals surface area contributed by atoms with Crippen LogP contribution in [-0.4, -0.2) is 15.8 Å². The zero-order chi connectivity index (χ0) is 13.3. The minimum atomic E-state index is -0.589. The van der Waals surface area contributed by atoms with Crippen LogP contribution < -0.4 is 14.8 Å². The fourth-order valence-corrected chi connectivity index (χ4v) is 1.96. The van der Waals surface area contributed by atoms with Crippen molar-refractivity contribution in [2.75, 3.05) is 5.32 Å². The summed E-state index contributed by atoms with van der Waals surface area (Å²) in [5, 5.41) is 3.30. The van der Waals surface area contributed by atoms with E-state index in [4.69, 9.17) is 9.47 Å². The van der Waals surface area contributed by atoms with Gasteiger partial charge >= 0.3 is 0 Å². The zero-order valence-electron chi connectivity index (χ0n) is 10.9. The molecular formula is C14H15N3O2. The first kappa shape index (κ1) is 11.8. The third kappa shape index (κ3) is 2.59. The van der Waals surface area contributed by atoms with Crippen LogP contribution in [0.3, 0.4) is 0 Å². The molecule has 0 atom stereocenters. The van der Waals surface area contributed by atoms with Crippen LogP contribution in [0.5, 0.6) is 11.5 Å². The largest absolute Gasteiger partial charge is 0.449 e. The van der Waals surface area contributed by atoms with Gasteiger partial charge in [-0.3, -0.25) is 0 Å². The molecule has 0 unspecified atom stereocenters. The summed E-state index contributed by atoms with van der Waals surface area (Å²) in [5.74, 6) is 0.951. The highest BCUT2D eigenvalue weighted by molar-refractivity contribution is 5.56. The number of hydrogen-bond acceptors (Lipinski definition) is 5. The maximum atomic E-state index is 5.70. The molecule has 0 saturated heterocycles. The number of anilines is 1. The monoisotopic (exact) mass is 257 g/mol. The average Bonchev–Trinajstić information content (AvgIpc) is 2.70. The number of nitrogens with one attached hydrogen (secondary N) is 1. The molecule has 5 heteroatoms. The molecule has 2 heterocycles. The molecule has 0 spiro atoms. The van der Waals surface area contributed by atoms with E-state index in [1.54, 1.807) is 12.4 Å². The summed E-state index contributed by atoms with van der Waals surface area (Å²) in [4.78, 5) is 7.96. The summed E-state index contributed by atoms with van der Waals surface area (Å²) in [6.07, 6.45) is 5.10. The highest BCUT2D eigenvalue weighted by Crippen LogP contribution is 2.40. The Labute approximate surface area is 111 Å². The van der Waals surface area contributed by atoms with Gasteiger partial charge in [0.25, 0.3) is 0 Å². The third-order valence-electron chi connectivity index (χ3n) is 2.77. The molecule has 2 aromatic rings. The Kier molecular flexibility index (Phi) is 2.74. The SMILES string of the molecule is CC1(C)Oc2ccc(NCc3cncnc3)cc2O1. The Morgan fingerprint density at radius 3 is 2.63 bits per heavy atom. The highest BCUT2D eigenvalue weighted by Gasteiger charge is 2.31. The Morgan fingerprint density at radius 2 is 1.84 bits per heavy atom. The third-order valence-corrected chi connectivity index (χ3v) is 2.77. The highest BCUT2D eigenvalue weighted by atomic mass is 16.7. The van der Waals surface area contributed by atoms with Crippen molar-refractivity contribution < 1.29 is 9.47 Å². The van der Waals surface area contributed by atoms with Gasteiger partial charge < -0.3 is 14.8 Å². The minimum Gasteiger partial charge on any atom is -0.449 e. The van der Waals surface area contributed by atoms with Crippen molar-refractivity contribution >= 4 is 5.69 Å². The molecule has 1 aromatic heterocycles. The van der Waals surface area contributed by atoms with Crippen molar-refractivity contribution in [1.82, 2.24) is 9.97 Å². The van der Waals surface area contributed by atoms with Crippen LogP contribution in [0.1, 0.15) is 19.4 Å². The maximum absolute atomic E-state index is 5.70. The molecule has 0 aliphatic carbocycles. The van der Waals surface area contributed by atoms with Gasteiger partial charge in [0.2, 0.25) is 5.79 Å². The average molecular weight is 257 g/mol. The Bertz CT molecular complexity index is 584. The zero-order valence-corrected chi connectivity index (χ0v) is 10.9. The van der Waals surface area contributed by atoms with Crippen molar-refractivity contribution in [3.63, 3.8) is 0 Å². The Morgan fingerprint density at radius 1 is 1.11 bits per heavy atom. The van der Waals surface area contributed by atoms with Gasteiger partial charge in [0.15, 0.2) is 11.5 Å². The van der Waals surface area contributed by atoms with Crippen LogP contribution in [0.4, 0.5) is 5.69 Å². The summed E-state index contributed by atoms with van der Waals surface area (Å²) in [5.41, 5.74) is 2.00. The summed E-state index contributed by atoms with van der Waals surface area (Å²) < 4.78 is 11.3. The Hall–Kier alpha value is -2.30. The lowest BCUT2D eigenvalue weighted by Gasteiger charge is -2.16. The molecule has 19 heavy (non-hydrogen) atoms. The van der Waals surface area contributed by atoms with Gasteiger partial charge in [0.05, 0.1) is 0 Å². The van der Waals surface area contributed by atoms with Gasteiger partial charge in [0, 0.05) is 50.1 Å². The van der Waals surface area contributed by atoms with Crippen LogP contribution in [0.25, 0.3) is 0 Å². The normalized spacial score (nSPS) is 15.3. The van der Waals surface area contributed by atoms with E-state index in [0.717, 1.165) is 22.7 Å². The van der Waals surface area contributed by atoms with E-state index in [1.807, 2.05) is 32.0 Å². The number of benzene rings is 1. The van der Waals surface area contributed by atoms with Gasteiger partial charge in [-0.25, -0.2) is 9.97 Å². The van der Waals surface area contributed by atoms with Gasteiger partial charge in [-0.15, -0.1) is 0 Å². The predicted molar refractivity (Wildman–Crippen MR) is 71.1 cm³/mol. The number of aromatic nitrogens is 2. The van der Waals surface area contributed by atoms with E-state index in [1.165, 1.54) is 6.33 Å². The second kappa shape index (κ2) is 4.42. The van der Waals surface area contributed by atoms with Crippen LogP contribution in [0, 0.1) is 0 Å². The second-order valence-corrected chi connectivity index (χ2v) is 4.87. The lowest BCUT2D eigenvalue weighted by molar-refractivity contribution is -0.0431.